The van der Waals surface area contributed by atoms with Crippen molar-refractivity contribution >= 4 is 30.9 Å². The molecule has 0 bridgehead atoms. The maximum atomic E-state index is 14.5. The number of carbonyl (C=O) groups is 2. The predicted molar refractivity (Wildman–Crippen MR) is 183 cm³/mol. The van der Waals surface area contributed by atoms with E-state index in [-0.39, 0.29) is 35.7 Å². The molecule has 1 amide bonds. The molecule has 2 aromatic carbocycles. The number of amides is 1. The smallest absolute Gasteiger partial charge is 0.414 e. The van der Waals surface area contributed by atoms with E-state index in [1.165, 1.54) is 5.56 Å². The van der Waals surface area contributed by atoms with E-state index >= 15 is 0 Å². The minimum atomic E-state index is -2.33. The summed E-state index contributed by atoms with van der Waals surface area (Å²) in [5.74, 6) is 0.390. The molecule has 5 rings (SSSR count). The molecule has 5 nitrogen and oxygen atoms in total. The van der Waals surface area contributed by atoms with E-state index in [0.29, 0.717) is 16.6 Å². The number of Topliss-reactive ketones (excluding diaryl/α,β-unsaturated/α-hetero) is 1. The highest BCUT2D eigenvalue weighted by molar-refractivity contribution is 6.93. The lowest BCUT2D eigenvalue weighted by molar-refractivity contribution is -0.117. The second-order valence-corrected chi connectivity index (χ2v) is 20.6. The monoisotopic (exact) mass is 612 g/mol. The summed E-state index contributed by atoms with van der Waals surface area (Å²) in [6, 6.07) is 20.4. The van der Waals surface area contributed by atoms with Gasteiger partial charge in [-0.25, -0.2) is 4.79 Å². The molecule has 236 valence electrons. The molecular weight excluding hydrogens is 561 g/mol. The largest absolute Gasteiger partial charge is 0.446 e. The number of H-pyrrole nitrogens is 1. The number of nitrogens with one attached hydrogen (secondary N) is 1. The number of carbonyl (C=O) groups excluding carboxylic acids is 2. The summed E-state index contributed by atoms with van der Waals surface area (Å²) in [6.07, 6.45) is 5.75. The molecule has 1 saturated carbocycles. The van der Waals surface area contributed by atoms with Crippen LogP contribution in [0.15, 0.2) is 72.1 Å². The van der Waals surface area contributed by atoms with Gasteiger partial charge in [-0.1, -0.05) is 110 Å². The fourth-order valence-electron chi connectivity index (χ4n) is 9.02. The summed E-state index contributed by atoms with van der Waals surface area (Å²) in [4.78, 5) is 34.1. The van der Waals surface area contributed by atoms with Gasteiger partial charge in [0.2, 0.25) is 0 Å². The maximum Gasteiger partial charge on any atom is 0.414 e. The van der Waals surface area contributed by atoms with Crippen LogP contribution in [-0.4, -0.2) is 35.9 Å². The van der Waals surface area contributed by atoms with Crippen molar-refractivity contribution in [2.24, 2.45) is 5.92 Å². The van der Waals surface area contributed by atoms with Gasteiger partial charge in [-0.15, -0.1) is 0 Å². The highest BCUT2D eigenvalue weighted by Gasteiger charge is 2.51. The number of allylic oxidation sites excluding steroid dienone is 1. The van der Waals surface area contributed by atoms with Gasteiger partial charge in [0.15, 0.2) is 5.78 Å². The van der Waals surface area contributed by atoms with E-state index in [4.69, 9.17) is 4.74 Å². The Bertz CT molecular complexity index is 1450. The van der Waals surface area contributed by atoms with Gasteiger partial charge < -0.3 is 9.72 Å². The number of hydrogen-bond donors (Lipinski definition) is 1. The van der Waals surface area contributed by atoms with Gasteiger partial charge >= 0.3 is 6.09 Å². The number of nitrogens with zero attached hydrogens (tertiary/aromatic N) is 1. The lowest BCUT2D eigenvalue weighted by Gasteiger charge is -2.47. The van der Waals surface area contributed by atoms with Gasteiger partial charge in [-0.3, -0.25) is 9.69 Å². The van der Waals surface area contributed by atoms with Crippen molar-refractivity contribution in [1.82, 2.24) is 9.88 Å². The van der Waals surface area contributed by atoms with E-state index in [0.717, 1.165) is 47.5 Å². The first-order valence-electron chi connectivity index (χ1n) is 16.8. The first-order chi connectivity index (χ1) is 20.9. The van der Waals surface area contributed by atoms with Crippen LogP contribution < -0.4 is 0 Å². The molecule has 1 aliphatic carbocycles. The molecule has 1 aliphatic heterocycles. The SMILES string of the molecule is CC(C)[Si](C1=CN(C(=O)O[C@H]2CCCC[C@@H]2C(C)(C)c2ccccc2)[C@H](c2cc3ccccc3[nH]2)CC1=O)(C(C)C)C(C)C. The standard InChI is InChI=1S/C38H52N2O3Si/c1-25(2)44(26(3)4,27(5)6)36-24-40(33(23-34(36)41)32-22-28-16-12-14-20-31(28)39-32)37(42)43-35-21-15-13-19-30(35)38(7,8)29-17-10-9-11-18-29/h9-12,14,16-18,20,22,24-27,30,33,35,39H,13,15,19,21,23H2,1-8H3/t30-,33-,35-/m0/s1. The minimum Gasteiger partial charge on any atom is -0.446 e. The van der Waals surface area contributed by atoms with Gasteiger partial charge in [-0.05, 0) is 69.6 Å². The molecule has 3 atom stereocenters. The number of aromatic nitrogens is 1. The van der Waals surface area contributed by atoms with Crippen LogP contribution in [0.2, 0.25) is 16.6 Å². The third-order valence-electron chi connectivity index (χ3n) is 11.1. The van der Waals surface area contributed by atoms with Crippen molar-refractivity contribution in [2.45, 2.75) is 122 Å². The van der Waals surface area contributed by atoms with Crippen LogP contribution in [0, 0.1) is 5.92 Å². The zero-order chi connectivity index (χ0) is 31.8. The molecule has 0 radical (unpaired) electrons. The maximum absolute atomic E-state index is 14.5. The number of hydrogen-bond acceptors (Lipinski definition) is 3. The number of ether oxygens (including phenoxy) is 1. The number of fused-ring (bicyclic) bond motifs is 1. The van der Waals surface area contributed by atoms with Crippen molar-refractivity contribution in [3.8, 4) is 0 Å². The highest BCUT2D eigenvalue weighted by atomic mass is 28.3. The Balaban J connectivity index is 1.57. The molecule has 3 aromatic rings. The van der Waals surface area contributed by atoms with E-state index in [9.17, 15) is 9.59 Å². The number of benzene rings is 2. The van der Waals surface area contributed by atoms with Gasteiger partial charge in [0.25, 0.3) is 0 Å². The summed E-state index contributed by atoms with van der Waals surface area (Å²) >= 11 is 0. The molecule has 0 saturated heterocycles. The van der Waals surface area contributed by atoms with Crippen molar-refractivity contribution in [2.75, 3.05) is 0 Å². The van der Waals surface area contributed by atoms with Crippen LogP contribution in [0.5, 0.6) is 0 Å². The zero-order valence-corrected chi connectivity index (χ0v) is 29.0. The molecule has 6 heteroatoms. The van der Waals surface area contributed by atoms with E-state index in [1.807, 2.05) is 24.4 Å². The predicted octanol–water partition coefficient (Wildman–Crippen LogP) is 10.3. The number of aromatic amines is 1. The highest BCUT2D eigenvalue weighted by Crippen LogP contribution is 2.50. The van der Waals surface area contributed by atoms with Gasteiger partial charge in [0.1, 0.15) is 14.2 Å². The fraction of sp³-hybridized carbons (Fsp3) is 0.526. The average molecular weight is 613 g/mol. The molecule has 1 aromatic heterocycles. The van der Waals surface area contributed by atoms with E-state index in [2.05, 4.69) is 103 Å². The quantitative estimate of drug-likeness (QED) is 0.257. The normalized spacial score (nSPS) is 21.8. The Hall–Kier alpha value is -3.12. The second kappa shape index (κ2) is 12.7. The van der Waals surface area contributed by atoms with Gasteiger partial charge in [0, 0.05) is 29.7 Å². The van der Waals surface area contributed by atoms with Crippen molar-refractivity contribution in [3.63, 3.8) is 0 Å². The Kier molecular flexibility index (Phi) is 9.32. The number of rotatable bonds is 8. The molecule has 1 N–H and O–H groups in total. The zero-order valence-electron chi connectivity index (χ0n) is 28.0. The molecule has 44 heavy (non-hydrogen) atoms. The van der Waals surface area contributed by atoms with Crippen LogP contribution in [0.3, 0.4) is 0 Å². The van der Waals surface area contributed by atoms with Gasteiger partial charge in [0.05, 0.1) is 6.04 Å². The van der Waals surface area contributed by atoms with E-state index in [1.54, 1.807) is 4.90 Å². The van der Waals surface area contributed by atoms with Crippen molar-refractivity contribution in [3.05, 3.63) is 83.3 Å². The minimum absolute atomic E-state index is 0.142. The lowest BCUT2D eigenvalue weighted by atomic mass is 9.66. The molecule has 2 aliphatic rings. The third kappa shape index (κ3) is 5.70. The Morgan fingerprint density at radius 2 is 1.52 bits per heavy atom. The van der Waals surface area contributed by atoms with E-state index < -0.39 is 14.1 Å². The Morgan fingerprint density at radius 1 is 0.909 bits per heavy atom. The Labute approximate surface area is 265 Å². The third-order valence-corrected chi connectivity index (χ3v) is 18.2. The molecule has 1 fully saturated rings. The van der Waals surface area contributed by atoms with Crippen LogP contribution in [-0.2, 0) is 14.9 Å². The van der Waals surface area contributed by atoms with Crippen LogP contribution in [0.4, 0.5) is 4.79 Å². The van der Waals surface area contributed by atoms with Crippen LogP contribution in [0.1, 0.15) is 105 Å². The van der Waals surface area contributed by atoms with Crippen molar-refractivity contribution < 1.29 is 14.3 Å². The molecular formula is C38H52N2O3Si. The lowest BCUT2D eigenvalue weighted by Crippen LogP contribution is -2.52. The summed E-state index contributed by atoms with van der Waals surface area (Å²) in [7, 11) is -2.33. The Morgan fingerprint density at radius 3 is 2.16 bits per heavy atom. The first kappa shape index (κ1) is 32.3. The second-order valence-electron chi connectivity index (χ2n) is 14.7. The first-order valence-corrected chi connectivity index (χ1v) is 19.0. The molecule has 0 spiro atoms. The molecule has 0 unspecified atom stereocenters. The molecule has 2 heterocycles. The van der Waals surface area contributed by atoms with Gasteiger partial charge in [-0.2, -0.15) is 0 Å². The van der Waals surface area contributed by atoms with Crippen LogP contribution in [0.25, 0.3) is 10.9 Å². The van der Waals surface area contributed by atoms with Crippen molar-refractivity contribution in [1.29, 1.82) is 0 Å². The average Bonchev–Trinajstić information content (AvgIpc) is 3.42. The topological polar surface area (TPSA) is 62.4 Å². The fourth-order valence-corrected chi connectivity index (χ4v) is 15.8. The summed E-state index contributed by atoms with van der Waals surface area (Å²) in [5, 5.41) is 1.97. The number of para-hydroxylation sites is 1. The summed E-state index contributed by atoms with van der Waals surface area (Å²) in [6.45, 7) is 18.2. The summed E-state index contributed by atoms with van der Waals surface area (Å²) < 4.78 is 6.59. The summed E-state index contributed by atoms with van der Waals surface area (Å²) in [5.41, 5.74) is 4.08. The van der Waals surface area contributed by atoms with Crippen LogP contribution >= 0.6 is 0 Å². The number of ketones is 1.